The predicted octanol–water partition coefficient (Wildman–Crippen LogP) is 3.12. The number of fused-ring (bicyclic) bond motifs is 1. The molecule has 1 saturated heterocycles. The lowest BCUT2D eigenvalue weighted by Gasteiger charge is -2.37. The van der Waals surface area contributed by atoms with Gasteiger partial charge in [0.2, 0.25) is 11.8 Å². The Hall–Kier alpha value is -3.65. The van der Waals surface area contributed by atoms with E-state index in [1.54, 1.807) is 54.9 Å². The molecule has 2 amide bonds. The number of rotatable bonds is 5. The molecule has 0 aliphatic carbocycles. The molecule has 3 heterocycles. The third-order valence-corrected chi connectivity index (χ3v) is 6.80. The van der Waals surface area contributed by atoms with E-state index < -0.39 is 5.41 Å². The molecular formula is C25H24ClN5O3. The maximum atomic E-state index is 13.6. The molecule has 0 bridgehead atoms. The molecule has 0 radical (unpaired) electrons. The van der Waals surface area contributed by atoms with Gasteiger partial charge in [-0.25, -0.2) is 4.98 Å². The van der Waals surface area contributed by atoms with Gasteiger partial charge in [0.05, 0.1) is 13.3 Å². The molecule has 1 aromatic heterocycles. The molecule has 5 rings (SSSR count). The Morgan fingerprint density at radius 1 is 1.12 bits per heavy atom. The molecule has 2 aliphatic rings. The van der Waals surface area contributed by atoms with Crippen molar-refractivity contribution in [2.24, 2.45) is 0 Å². The highest BCUT2D eigenvalue weighted by molar-refractivity contribution is 6.31. The van der Waals surface area contributed by atoms with Crippen molar-refractivity contribution in [3.8, 4) is 5.75 Å². The summed E-state index contributed by atoms with van der Waals surface area (Å²) < 4.78 is 5.61. The van der Waals surface area contributed by atoms with Crippen LogP contribution in [0, 0.1) is 0 Å². The van der Waals surface area contributed by atoms with E-state index in [0.717, 1.165) is 5.82 Å². The van der Waals surface area contributed by atoms with Crippen LogP contribution < -0.4 is 15.0 Å². The zero-order chi connectivity index (χ0) is 23.7. The lowest BCUT2D eigenvalue weighted by atomic mass is 9.72. The summed E-state index contributed by atoms with van der Waals surface area (Å²) in [5.74, 6) is 0.970. The van der Waals surface area contributed by atoms with Gasteiger partial charge in [0, 0.05) is 61.3 Å². The Bertz CT molecular complexity index is 1230. The molecule has 174 valence electrons. The Morgan fingerprint density at radius 3 is 2.65 bits per heavy atom. The minimum atomic E-state index is -1.24. The first-order chi connectivity index (χ1) is 16.5. The largest absolute Gasteiger partial charge is 0.496 e. The summed E-state index contributed by atoms with van der Waals surface area (Å²) in [6, 6.07) is 12.6. The smallest absolute Gasteiger partial charge is 0.240 e. The van der Waals surface area contributed by atoms with Crippen molar-refractivity contribution in [1.82, 2.24) is 14.9 Å². The molecule has 2 aliphatic heterocycles. The highest BCUT2D eigenvalue weighted by Gasteiger charge is 2.51. The SMILES string of the molecule is COc1ccccc1C1(CC(=O)N2CCN(c3cnccn3)CC2)C(=O)Nc2ccc(Cl)cc21. The Morgan fingerprint density at radius 2 is 1.91 bits per heavy atom. The number of nitrogens with one attached hydrogen (secondary N) is 1. The van der Waals surface area contributed by atoms with Crippen LogP contribution in [0.2, 0.25) is 5.02 Å². The molecule has 8 nitrogen and oxygen atoms in total. The number of hydrogen-bond donors (Lipinski definition) is 1. The van der Waals surface area contributed by atoms with Gasteiger partial charge in [-0.2, -0.15) is 0 Å². The molecule has 9 heteroatoms. The number of benzene rings is 2. The highest BCUT2D eigenvalue weighted by atomic mass is 35.5. The van der Waals surface area contributed by atoms with Gasteiger partial charge in [-0.1, -0.05) is 29.8 Å². The molecular weight excluding hydrogens is 454 g/mol. The molecule has 0 spiro atoms. The number of carbonyl (C=O) groups is 2. The lowest BCUT2D eigenvalue weighted by molar-refractivity contribution is -0.135. The second-order valence-corrected chi connectivity index (χ2v) is 8.79. The average Bonchev–Trinajstić information content (AvgIpc) is 3.15. The molecule has 1 unspecified atom stereocenters. The van der Waals surface area contributed by atoms with E-state index in [4.69, 9.17) is 16.3 Å². The predicted molar refractivity (Wildman–Crippen MR) is 129 cm³/mol. The first kappa shape index (κ1) is 22.2. The third-order valence-electron chi connectivity index (χ3n) is 6.57. The number of halogens is 1. The number of amides is 2. The van der Waals surface area contributed by atoms with Gasteiger partial charge >= 0.3 is 0 Å². The minimum Gasteiger partial charge on any atom is -0.496 e. The van der Waals surface area contributed by atoms with Gasteiger partial charge in [-0.15, -0.1) is 0 Å². The van der Waals surface area contributed by atoms with E-state index in [9.17, 15) is 9.59 Å². The molecule has 34 heavy (non-hydrogen) atoms. The normalized spacial score (nSPS) is 19.5. The summed E-state index contributed by atoms with van der Waals surface area (Å²) in [6.45, 7) is 2.34. The first-order valence-electron chi connectivity index (χ1n) is 11.1. The summed E-state index contributed by atoms with van der Waals surface area (Å²) in [5, 5.41) is 3.45. The second-order valence-electron chi connectivity index (χ2n) is 8.36. The van der Waals surface area contributed by atoms with Crippen molar-refractivity contribution in [2.45, 2.75) is 11.8 Å². The summed E-state index contributed by atoms with van der Waals surface area (Å²) in [7, 11) is 1.56. The van der Waals surface area contributed by atoms with Gasteiger partial charge in [0.15, 0.2) is 0 Å². The molecule has 0 saturated carbocycles. The van der Waals surface area contributed by atoms with E-state index >= 15 is 0 Å². The molecule has 3 aromatic rings. The Balaban J connectivity index is 1.47. The molecule has 1 N–H and O–H groups in total. The number of methoxy groups -OCH3 is 1. The van der Waals surface area contributed by atoms with Crippen LogP contribution in [0.1, 0.15) is 17.5 Å². The zero-order valence-electron chi connectivity index (χ0n) is 18.7. The van der Waals surface area contributed by atoms with E-state index in [2.05, 4.69) is 20.2 Å². The van der Waals surface area contributed by atoms with Crippen LogP contribution in [0.25, 0.3) is 0 Å². The van der Waals surface area contributed by atoms with Crippen LogP contribution >= 0.6 is 11.6 Å². The minimum absolute atomic E-state index is 0.0301. The van der Waals surface area contributed by atoms with Gasteiger partial charge in [-0.3, -0.25) is 14.6 Å². The maximum absolute atomic E-state index is 13.6. The number of hydrogen-bond acceptors (Lipinski definition) is 6. The van der Waals surface area contributed by atoms with Gasteiger partial charge < -0.3 is 19.9 Å². The molecule has 2 aromatic carbocycles. The summed E-state index contributed by atoms with van der Waals surface area (Å²) in [4.78, 5) is 39.6. The second kappa shape index (κ2) is 8.95. The summed E-state index contributed by atoms with van der Waals surface area (Å²) in [5.41, 5.74) is 0.732. The standard InChI is InChI=1S/C25H24ClN5O3/c1-34-21-5-3-2-4-18(21)25(19-14-17(26)6-7-20(19)29-24(25)33)15-23(32)31-12-10-30(11-13-31)22-16-27-8-9-28-22/h2-9,14,16H,10-13,15H2,1H3,(H,29,33). The first-order valence-corrected chi connectivity index (χ1v) is 11.4. The number of ether oxygens (including phenoxy) is 1. The highest BCUT2D eigenvalue weighted by Crippen LogP contribution is 2.49. The van der Waals surface area contributed by atoms with Gasteiger partial charge in [0.1, 0.15) is 17.0 Å². The van der Waals surface area contributed by atoms with Crippen LogP contribution in [0.5, 0.6) is 5.75 Å². The van der Waals surface area contributed by atoms with E-state index in [-0.39, 0.29) is 18.2 Å². The fourth-order valence-corrected chi connectivity index (χ4v) is 5.02. The summed E-state index contributed by atoms with van der Waals surface area (Å²) >= 11 is 6.34. The fraction of sp³-hybridized carbons (Fsp3) is 0.280. The van der Waals surface area contributed by atoms with Crippen molar-refractivity contribution in [1.29, 1.82) is 0 Å². The van der Waals surface area contributed by atoms with Crippen LogP contribution in [-0.4, -0.2) is 60.0 Å². The Kier molecular flexibility index (Phi) is 5.83. The number of para-hydroxylation sites is 1. The maximum Gasteiger partial charge on any atom is 0.240 e. The Labute approximate surface area is 202 Å². The topological polar surface area (TPSA) is 87.7 Å². The van der Waals surface area contributed by atoms with Crippen LogP contribution in [-0.2, 0) is 15.0 Å². The lowest BCUT2D eigenvalue weighted by Crippen LogP contribution is -2.51. The van der Waals surface area contributed by atoms with E-state index in [1.165, 1.54) is 0 Å². The van der Waals surface area contributed by atoms with Gasteiger partial charge in [-0.05, 0) is 29.8 Å². The fourth-order valence-electron chi connectivity index (χ4n) is 4.84. The monoisotopic (exact) mass is 477 g/mol. The molecule has 1 fully saturated rings. The quantitative estimate of drug-likeness (QED) is 0.607. The number of anilines is 2. The van der Waals surface area contributed by atoms with Crippen LogP contribution in [0.3, 0.4) is 0 Å². The van der Waals surface area contributed by atoms with Gasteiger partial charge in [0.25, 0.3) is 0 Å². The van der Waals surface area contributed by atoms with Crippen molar-refractivity contribution in [2.75, 3.05) is 43.5 Å². The number of nitrogens with zero attached hydrogens (tertiary/aromatic N) is 4. The van der Waals surface area contributed by atoms with Crippen molar-refractivity contribution in [3.63, 3.8) is 0 Å². The molecule has 1 atom stereocenters. The zero-order valence-corrected chi connectivity index (χ0v) is 19.5. The van der Waals surface area contributed by atoms with Crippen LogP contribution in [0.15, 0.2) is 61.1 Å². The number of aromatic nitrogens is 2. The number of piperazine rings is 1. The van der Waals surface area contributed by atoms with E-state index in [0.29, 0.717) is 53.8 Å². The van der Waals surface area contributed by atoms with Crippen molar-refractivity contribution >= 4 is 34.9 Å². The number of carbonyl (C=O) groups excluding carboxylic acids is 2. The summed E-state index contributed by atoms with van der Waals surface area (Å²) in [6.07, 6.45) is 4.98. The average molecular weight is 478 g/mol. The van der Waals surface area contributed by atoms with Crippen molar-refractivity contribution < 1.29 is 14.3 Å². The van der Waals surface area contributed by atoms with Crippen LogP contribution in [0.4, 0.5) is 11.5 Å². The van der Waals surface area contributed by atoms with Crippen molar-refractivity contribution in [3.05, 3.63) is 77.2 Å². The third kappa shape index (κ3) is 3.74. The van der Waals surface area contributed by atoms with E-state index in [1.807, 2.05) is 18.2 Å².